The van der Waals surface area contributed by atoms with Crippen LogP contribution in [-0.4, -0.2) is 36.2 Å². The van der Waals surface area contributed by atoms with Crippen LogP contribution < -0.4 is 15.0 Å². The van der Waals surface area contributed by atoms with E-state index in [4.69, 9.17) is 4.74 Å². The van der Waals surface area contributed by atoms with Crippen LogP contribution in [0.2, 0.25) is 0 Å². The minimum atomic E-state index is -1.31. The van der Waals surface area contributed by atoms with Crippen molar-refractivity contribution in [1.29, 1.82) is 0 Å². The lowest BCUT2D eigenvalue weighted by molar-refractivity contribution is -0.123. The summed E-state index contributed by atoms with van der Waals surface area (Å²) >= 11 is 1.37. The van der Waals surface area contributed by atoms with E-state index in [-0.39, 0.29) is 5.91 Å². The Balaban J connectivity index is 1.50. The lowest BCUT2D eigenvalue weighted by atomic mass is 10.1. The van der Waals surface area contributed by atoms with Gasteiger partial charge in [0, 0.05) is 23.5 Å². The smallest absolute Gasteiger partial charge is 0.323 e. The van der Waals surface area contributed by atoms with Gasteiger partial charge in [0.1, 0.15) is 11.6 Å². The number of carbonyl (C=O) groups excluding carboxylic acids is 2. The standard InChI is InChI=1S/C26H24FN3O3S/c1-17-4-3-5-18(14-17)16-29-23-11-6-19(27)15-22(23)26(24(29)31)30(12-13-34-26)25(32)28-20-7-9-21(33-2)10-8-20/h3-11,14-15H,12-13,16H2,1-2H3,(H,28,32)/t26-/m1/s1. The molecule has 1 saturated heterocycles. The summed E-state index contributed by atoms with van der Waals surface area (Å²) in [4.78, 5) is 29.2. The zero-order valence-corrected chi connectivity index (χ0v) is 19.7. The van der Waals surface area contributed by atoms with Crippen molar-refractivity contribution in [3.8, 4) is 5.75 Å². The maximum atomic E-state index is 14.4. The second-order valence-corrected chi connectivity index (χ2v) is 9.63. The summed E-state index contributed by atoms with van der Waals surface area (Å²) in [6.07, 6.45) is 0. The van der Waals surface area contributed by atoms with Gasteiger partial charge >= 0.3 is 6.03 Å². The van der Waals surface area contributed by atoms with Crippen molar-refractivity contribution in [3.63, 3.8) is 0 Å². The van der Waals surface area contributed by atoms with E-state index >= 15 is 0 Å². The molecule has 3 amide bonds. The van der Waals surface area contributed by atoms with Crippen LogP contribution in [0.1, 0.15) is 16.7 Å². The molecule has 0 aromatic heterocycles. The first kappa shape index (κ1) is 22.3. The Hall–Kier alpha value is -3.52. The summed E-state index contributed by atoms with van der Waals surface area (Å²) in [5.41, 5.74) is 3.79. The minimum Gasteiger partial charge on any atom is -0.497 e. The fourth-order valence-electron chi connectivity index (χ4n) is 4.60. The van der Waals surface area contributed by atoms with Crippen molar-refractivity contribution >= 4 is 35.1 Å². The van der Waals surface area contributed by atoms with E-state index in [2.05, 4.69) is 5.32 Å². The number of aryl methyl sites for hydroxylation is 1. The Morgan fingerprint density at radius 1 is 1.15 bits per heavy atom. The summed E-state index contributed by atoms with van der Waals surface area (Å²) in [6, 6.07) is 18.9. The molecule has 6 nitrogen and oxygen atoms in total. The maximum Gasteiger partial charge on any atom is 0.323 e. The van der Waals surface area contributed by atoms with Crippen molar-refractivity contribution in [1.82, 2.24) is 4.90 Å². The lowest BCUT2D eigenvalue weighted by Crippen LogP contribution is -2.51. The summed E-state index contributed by atoms with van der Waals surface area (Å²) < 4.78 is 19.6. The summed E-state index contributed by atoms with van der Waals surface area (Å²) in [6.45, 7) is 2.71. The maximum absolute atomic E-state index is 14.4. The SMILES string of the molecule is COc1ccc(NC(=O)N2CCS[C@]23C(=O)N(Cc2cccc(C)c2)c2ccc(F)cc23)cc1. The van der Waals surface area contributed by atoms with Gasteiger partial charge in [-0.2, -0.15) is 0 Å². The molecular weight excluding hydrogens is 453 g/mol. The van der Waals surface area contributed by atoms with Gasteiger partial charge in [0.05, 0.1) is 19.3 Å². The van der Waals surface area contributed by atoms with Crippen LogP contribution in [0.4, 0.5) is 20.6 Å². The molecule has 1 spiro atoms. The van der Waals surface area contributed by atoms with E-state index in [0.717, 1.165) is 11.1 Å². The Morgan fingerprint density at radius 2 is 1.94 bits per heavy atom. The number of rotatable bonds is 4. The Kier molecular flexibility index (Phi) is 5.69. The number of thioether (sulfide) groups is 1. The minimum absolute atomic E-state index is 0.234. The summed E-state index contributed by atoms with van der Waals surface area (Å²) in [5.74, 6) is 0.567. The van der Waals surface area contributed by atoms with Crippen molar-refractivity contribution in [3.05, 3.63) is 89.2 Å². The number of hydrogen-bond donors (Lipinski definition) is 1. The normalized spacial score (nSPS) is 19.0. The number of hydrogen-bond acceptors (Lipinski definition) is 4. The summed E-state index contributed by atoms with van der Waals surface area (Å²) in [5, 5.41) is 2.88. The second-order valence-electron chi connectivity index (χ2n) is 8.34. The zero-order valence-electron chi connectivity index (χ0n) is 18.9. The van der Waals surface area contributed by atoms with Crippen LogP contribution in [-0.2, 0) is 16.2 Å². The second kappa shape index (κ2) is 8.68. The molecule has 1 atom stereocenters. The van der Waals surface area contributed by atoms with Gasteiger partial charge in [-0.25, -0.2) is 9.18 Å². The number of fused-ring (bicyclic) bond motifs is 2. The van der Waals surface area contributed by atoms with Gasteiger partial charge in [-0.3, -0.25) is 9.69 Å². The highest BCUT2D eigenvalue weighted by atomic mass is 32.2. The number of nitrogens with zero attached hydrogens (tertiary/aromatic N) is 2. The number of halogens is 1. The fourth-order valence-corrected chi connectivity index (χ4v) is 6.05. The molecule has 1 N–H and O–H groups in total. The van der Waals surface area contributed by atoms with Gasteiger partial charge in [0.15, 0.2) is 4.87 Å². The van der Waals surface area contributed by atoms with Gasteiger partial charge in [0.25, 0.3) is 5.91 Å². The average molecular weight is 478 g/mol. The Labute approximate surface area is 201 Å². The highest BCUT2D eigenvalue weighted by Crippen LogP contribution is 2.54. The Morgan fingerprint density at radius 3 is 2.68 bits per heavy atom. The molecule has 0 bridgehead atoms. The molecule has 0 unspecified atom stereocenters. The van der Waals surface area contributed by atoms with E-state index < -0.39 is 16.7 Å². The number of carbonyl (C=O) groups is 2. The number of benzene rings is 3. The number of methoxy groups -OCH3 is 1. The van der Waals surface area contributed by atoms with Crippen molar-refractivity contribution < 1.29 is 18.7 Å². The third kappa shape index (κ3) is 3.68. The third-order valence-corrected chi connectivity index (χ3v) is 7.58. The molecule has 5 rings (SSSR count). The molecule has 2 heterocycles. The Bertz CT molecular complexity index is 1270. The monoisotopic (exact) mass is 477 g/mol. The van der Waals surface area contributed by atoms with Gasteiger partial charge in [-0.15, -0.1) is 11.8 Å². The molecule has 1 fully saturated rings. The van der Waals surface area contributed by atoms with Crippen LogP contribution >= 0.6 is 11.8 Å². The van der Waals surface area contributed by atoms with E-state index in [1.807, 2.05) is 31.2 Å². The van der Waals surface area contributed by atoms with Crippen LogP contribution in [0.3, 0.4) is 0 Å². The topological polar surface area (TPSA) is 61.9 Å². The lowest BCUT2D eigenvalue weighted by Gasteiger charge is -2.33. The van der Waals surface area contributed by atoms with Gasteiger partial charge in [0.2, 0.25) is 0 Å². The predicted octanol–water partition coefficient (Wildman–Crippen LogP) is 5.12. The van der Waals surface area contributed by atoms with Crippen LogP contribution in [0.15, 0.2) is 66.7 Å². The van der Waals surface area contributed by atoms with Crippen LogP contribution in [0.25, 0.3) is 0 Å². The number of urea groups is 1. The molecule has 3 aromatic carbocycles. The van der Waals surface area contributed by atoms with Gasteiger partial charge in [-0.1, -0.05) is 29.8 Å². The number of nitrogens with one attached hydrogen (secondary N) is 1. The molecule has 8 heteroatoms. The first-order valence-corrected chi connectivity index (χ1v) is 11.9. The van der Waals surface area contributed by atoms with E-state index in [1.165, 1.54) is 28.8 Å². The highest BCUT2D eigenvalue weighted by Gasteiger charge is 2.59. The van der Waals surface area contributed by atoms with Gasteiger partial charge < -0.3 is 15.0 Å². The first-order valence-electron chi connectivity index (χ1n) is 11.0. The molecule has 2 aliphatic heterocycles. The fraction of sp³-hybridized carbons (Fsp3) is 0.231. The quantitative estimate of drug-likeness (QED) is 0.566. The van der Waals surface area contributed by atoms with Crippen molar-refractivity contribution in [2.24, 2.45) is 0 Å². The molecule has 2 aliphatic rings. The largest absolute Gasteiger partial charge is 0.497 e. The highest BCUT2D eigenvalue weighted by molar-refractivity contribution is 8.01. The molecule has 174 valence electrons. The number of ether oxygens (including phenoxy) is 1. The average Bonchev–Trinajstić information content (AvgIpc) is 3.37. The predicted molar refractivity (Wildman–Crippen MR) is 132 cm³/mol. The van der Waals surface area contributed by atoms with E-state index in [9.17, 15) is 14.0 Å². The molecule has 3 aromatic rings. The van der Waals surface area contributed by atoms with Gasteiger partial charge in [-0.05, 0) is 55.0 Å². The van der Waals surface area contributed by atoms with E-state index in [0.29, 0.717) is 41.5 Å². The molecule has 0 aliphatic carbocycles. The third-order valence-electron chi connectivity index (χ3n) is 6.17. The van der Waals surface area contributed by atoms with Crippen LogP contribution in [0, 0.1) is 12.7 Å². The molecule has 34 heavy (non-hydrogen) atoms. The number of amides is 3. The van der Waals surface area contributed by atoms with Crippen molar-refractivity contribution in [2.45, 2.75) is 18.3 Å². The van der Waals surface area contributed by atoms with Crippen LogP contribution in [0.5, 0.6) is 5.75 Å². The van der Waals surface area contributed by atoms with Crippen molar-refractivity contribution in [2.75, 3.05) is 29.6 Å². The molecule has 0 saturated carbocycles. The number of anilines is 2. The van der Waals surface area contributed by atoms with E-state index in [1.54, 1.807) is 42.3 Å². The molecular formula is C26H24FN3O3S. The first-order chi connectivity index (χ1) is 16.4. The zero-order chi connectivity index (χ0) is 23.9. The summed E-state index contributed by atoms with van der Waals surface area (Å²) in [7, 11) is 1.57. The molecule has 0 radical (unpaired) electrons.